The molecule has 4 nitrogen and oxygen atoms in total. The summed E-state index contributed by atoms with van der Waals surface area (Å²) in [5.41, 5.74) is 0. The van der Waals surface area contributed by atoms with Crippen LogP contribution in [0.4, 0.5) is 0 Å². The zero-order chi connectivity index (χ0) is 12.9. The van der Waals surface area contributed by atoms with Crippen molar-refractivity contribution in [3.05, 3.63) is 10.1 Å². The number of hydrogen-bond donors (Lipinski definition) is 0. The second-order valence-electron chi connectivity index (χ2n) is 4.76. The Labute approximate surface area is 105 Å². The molecule has 0 aliphatic heterocycles. The summed E-state index contributed by atoms with van der Waals surface area (Å²) in [6.45, 7) is 3.99. The van der Waals surface area contributed by atoms with Crippen molar-refractivity contribution >= 4 is 0 Å². The van der Waals surface area contributed by atoms with E-state index in [4.69, 9.17) is 0 Å². The maximum atomic E-state index is 10.1. The van der Waals surface area contributed by atoms with Gasteiger partial charge in [-0.3, -0.25) is 0 Å². The third kappa shape index (κ3) is 13.1. The Morgan fingerprint density at radius 3 is 1.94 bits per heavy atom. The van der Waals surface area contributed by atoms with E-state index in [0.717, 1.165) is 12.8 Å². The van der Waals surface area contributed by atoms with Crippen LogP contribution in [0.5, 0.6) is 0 Å². The maximum Gasteiger partial charge on any atom is 0.294 e. The van der Waals surface area contributed by atoms with Crippen LogP contribution in [0.15, 0.2) is 0 Å². The summed E-state index contributed by atoms with van der Waals surface area (Å²) in [6, 6.07) is 0. The van der Waals surface area contributed by atoms with Crippen molar-refractivity contribution in [2.24, 2.45) is 0 Å². The molecule has 0 radical (unpaired) electrons. The van der Waals surface area contributed by atoms with Gasteiger partial charge < -0.3 is 4.84 Å². The average Bonchev–Trinajstić information content (AvgIpc) is 2.26. The lowest BCUT2D eigenvalue weighted by Gasteiger charge is -2.08. The van der Waals surface area contributed by atoms with Crippen molar-refractivity contribution in [1.29, 1.82) is 0 Å². The van der Waals surface area contributed by atoms with E-state index in [-0.39, 0.29) is 6.10 Å². The lowest BCUT2D eigenvalue weighted by molar-refractivity contribution is -0.767. The molecular weight excluding hydrogens is 218 g/mol. The van der Waals surface area contributed by atoms with Crippen molar-refractivity contribution in [3.63, 3.8) is 0 Å². The van der Waals surface area contributed by atoms with Crippen LogP contribution < -0.4 is 0 Å². The Hall–Kier alpha value is -0.800. The van der Waals surface area contributed by atoms with Gasteiger partial charge in [0.2, 0.25) is 0 Å². The minimum Gasteiger partial charge on any atom is -0.311 e. The fourth-order valence-corrected chi connectivity index (χ4v) is 1.94. The lowest BCUT2D eigenvalue weighted by atomic mass is 10.1. The molecule has 0 heterocycles. The van der Waals surface area contributed by atoms with Gasteiger partial charge in [-0.2, -0.15) is 0 Å². The predicted molar refractivity (Wildman–Crippen MR) is 69.4 cm³/mol. The van der Waals surface area contributed by atoms with Crippen molar-refractivity contribution < 1.29 is 9.92 Å². The van der Waals surface area contributed by atoms with Gasteiger partial charge in [-0.15, -0.1) is 10.1 Å². The van der Waals surface area contributed by atoms with Crippen LogP contribution >= 0.6 is 0 Å². The molecule has 0 aliphatic rings. The van der Waals surface area contributed by atoms with E-state index >= 15 is 0 Å². The molecule has 0 fully saturated rings. The Morgan fingerprint density at radius 2 is 1.47 bits per heavy atom. The van der Waals surface area contributed by atoms with Crippen LogP contribution in [0, 0.1) is 10.1 Å². The SMILES string of the molecule is CCCCCCCCCCCC(C)O[N+](=O)[O-]. The fraction of sp³-hybridized carbons (Fsp3) is 1.00. The Kier molecular flexibility index (Phi) is 11.1. The minimum atomic E-state index is -0.696. The molecule has 0 saturated heterocycles. The van der Waals surface area contributed by atoms with E-state index in [9.17, 15) is 10.1 Å². The number of nitrogens with zero attached hydrogens (tertiary/aromatic N) is 1. The zero-order valence-corrected chi connectivity index (χ0v) is 11.3. The van der Waals surface area contributed by atoms with E-state index < -0.39 is 5.09 Å². The molecule has 0 bridgehead atoms. The molecule has 0 rings (SSSR count). The fourth-order valence-electron chi connectivity index (χ4n) is 1.94. The first-order valence-corrected chi connectivity index (χ1v) is 6.98. The smallest absolute Gasteiger partial charge is 0.294 e. The molecule has 0 saturated carbocycles. The minimum absolute atomic E-state index is 0.255. The van der Waals surface area contributed by atoms with Gasteiger partial charge in [-0.25, -0.2) is 0 Å². The summed E-state index contributed by atoms with van der Waals surface area (Å²) in [5, 5.41) is 9.36. The van der Waals surface area contributed by atoms with Crippen LogP contribution in [-0.4, -0.2) is 11.2 Å². The number of unbranched alkanes of at least 4 members (excludes halogenated alkanes) is 8. The molecule has 0 aliphatic carbocycles. The van der Waals surface area contributed by atoms with E-state index in [1.54, 1.807) is 6.92 Å². The summed E-state index contributed by atoms with van der Waals surface area (Å²) < 4.78 is 0. The highest BCUT2D eigenvalue weighted by Crippen LogP contribution is 2.12. The summed E-state index contributed by atoms with van der Waals surface area (Å²) >= 11 is 0. The van der Waals surface area contributed by atoms with Crippen LogP contribution in [0.25, 0.3) is 0 Å². The molecule has 0 amide bonds. The number of hydrogen-bond acceptors (Lipinski definition) is 3. The summed E-state index contributed by atoms with van der Waals surface area (Å²) in [5.74, 6) is 0. The quantitative estimate of drug-likeness (QED) is 0.289. The zero-order valence-electron chi connectivity index (χ0n) is 11.3. The van der Waals surface area contributed by atoms with Crippen molar-refractivity contribution in [2.45, 2.75) is 84.2 Å². The van der Waals surface area contributed by atoms with E-state index in [2.05, 4.69) is 11.8 Å². The second kappa shape index (κ2) is 11.7. The Morgan fingerprint density at radius 1 is 1.00 bits per heavy atom. The highest BCUT2D eigenvalue weighted by Gasteiger charge is 2.05. The van der Waals surface area contributed by atoms with Gasteiger partial charge in [0.05, 0.1) is 0 Å². The lowest BCUT2D eigenvalue weighted by Crippen LogP contribution is -2.12. The number of rotatable bonds is 12. The normalized spacial score (nSPS) is 12.4. The van der Waals surface area contributed by atoms with Gasteiger partial charge in [0.1, 0.15) is 6.10 Å². The first-order chi connectivity index (χ1) is 8.16. The van der Waals surface area contributed by atoms with E-state index in [0.29, 0.717) is 0 Å². The second-order valence-corrected chi connectivity index (χ2v) is 4.76. The van der Waals surface area contributed by atoms with Crippen molar-refractivity contribution in [1.82, 2.24) is 0 Å². The molecular formula is C13H27NO3. The highest BCUT2D eigenvalue weighted by molar-refractivity contribution is 4.51. The third-order valence-corrected chi connectivity index (χ3v) is 2.98. The standard InChI is InChI=1S/C13H27NO3/c1-3-4-5-6-7-8-9-10-11-12-13(2)17-14(15)16/h13H,3-12H2,1-2H3. The first kappa shape index (κ1) is 16.2. The van der Waals surface area contributed by atoms with Crippen LogP contribution in [0.1, 0.15) is 78.1 Å². The van der Waals surface area contributed by atoms with Crippen LogP contribution in [0.2, 0.25) is 0 Å². The maximum absolute atomic E-state index is 10.1. The topological polar surface area (TPSA) is 52.4 Å². The summed E-state index contributed by atoms with van der Waals surface area (Å²) in [7, 11) is 0. The van der Waals surface area contributed by atoms with Crippen molar-refractivity contribution in [2.75, 3.05) is 0 Å². The molecule has 1 unspecified atom stereocenters. The van der Waals surface area contributed by atoms with Gasteiger partial charge in [-0.05, 0) is 13.3 Å². The largest absolute Gasteiger partial charge is 0.311 e. The molecule has 0 N–H and O–H groups in total. The van der Waals surface area contributed by atoms with Gasteiger partial charge in [-0.1, -0.05) is 64.7 Å². The van der Waals surface area contributed by atoms with Crippen LogP contribution in [0.3, 0.4) is 0 Å². The summed E-state index contributed by atoms with van der Waals surface area (Å²) in [4.78, 5) is 14.5. The Balaban J connectivity index is 3.10. The molecule has 0 aromatic heterocycles. The average molecular weight is 245 g/mol. The molecule has 0 aromatic rings. The van der Waals surface area contributed by atoms with E-state index in [1.807, 2.05) is 0 Å². The third-order valence-electron chi connectivity index (χ3n) is 2.98. The van der Waals surface area contributed by atoms with Crippen LogP contribution in [-0.2, 0) is 4.84 Å². The molecule has 1 atom stereocenters. The van der Waals surface area contributed by atoms with Gasteiger partial charge in [0.15, 0.2) is 0 Å². The summed E-state index contributed by atoms with van der Waals surface area (Å²) in [6.07, 6.45) is 12.0. The molecule has 4 heteroatoms. The molecule has 102 valence electrons. The van der Waals surface area contributed by atoms with Gasteiger partial charge in [0.25, 0.3) is 5.09 Å². The first-order valence-electron chi connectivity index (χ1n) is 6.98. The van der Waals surface area contributed by atoms with Gasteiger partial charge >= 0.3 is 0 Å². The van der Waals surface area contributed by atoms with Crippen molar-refractivity contribution in [3.8, 4) is 0 Å². The molecule has 0 spiro atoms. The highest BCUT2D eigenvalue weighted by atomic mass is 17.0. The Bertz CT molecular complexity index is 186. The molecule has 17 heavy (non-hydrogen) atoms. The monoisotopic (exact) mass is 245 g/mol. The predicted octanol–water partition coefficient (Wildman–Crippen LogP) is 4.50. The van der Waals surface area contributed by atoms with Gasteiger partial charge in [0, 0.05) is 0 Å². The molecule has 0 aromatic carbocycles. The van der Waals surface area contributed by atoms with E-state index in [1.165, 1.54) is 51.4 Å².